The maximum absolute atomic E-state index is 12.9. The van der Waals surface area contributed by atoms with Gasteiger partial charge in [0.1, 0.15) is 11.6 Å². The molecule has 4 heteroatoms. The van der Waals surface area contributed by atoms with E-state index >= 15 is 0 Å². The molecule has 84 valence electrons. The number of aliphatic hydroxyl groups is 1. The van der Waals surface area contributed by atoms with Crippen LogP contribution >= 0.6 is 0 Å². The number of rotatable bonds is 4. The number of benzene rings is 1. The van der Waals surface area contributed by atoms with E-state index in [4.69, 9.17) is 5.11 Å². The first kappa shape index (κ1) is 11.9. The molecule has 15 heavy (non-hydrogen) atoms. The van der Waals surface area contributed by atoms with Crippen LogP contribution in [0.15, 0.2) is 18.2 Å². The molecule has 0 fully saturated rings. The minimum atomic E-state index is -0.469. The van der Waals surface area contributed by atoms with Gasteiger partial charge in [-0.15, -0.1) is 0 Å². The molecule has 2 atom stereocenters. The molecule has 1 aromatic carbocycles. The maximum atomic E-state index is 12.9. The zero-order valence-electron chi connectivity index (χ0n) is 8.87. The summed E-state index contributed by atoms with van der Waals surface area (Å²) in [6.45, 7) is 3.86. The highest BCUT2D eigenvalue weighted by Crippen LogP contribution is 2.24. The first-order valence-electron chi connectivity index (χ1n) is 4.90. The number of hydrogen-bond donors (Lipinski definition) is 3. The van der Waals surface area contributed by atoms with E-state index in [1.165, 1.54) is 18.2 Å². The normalized spacial score (nSPS) is 14.9. The molecule has 0 aliphatic carbocycles. The lowest BCUT2D eigenvalue weighted by atomic mass is 10.1. The van der Waals surface area contributed by atoms with Crippen molar-refractivity contribution in [3.05, 3.63) is 29.6 Å². The number of phenols is 1. The number of halogens is 1. The van der Waals surface area contributed by atoms with Gasteiger partial charge in [0.2, 0.25) is 0 Å². The molecule has 1 unspecified atom stereocenters. The molecular weight excluding hydrogens is 197 g/mol. The quantitative estimate of drug-likeness (QED) is 0.711. The highest BCUT2D eigenvalue weighted by atomic mass is 19.1. The zero-order chi connectivity index (χ0) is 11.4. The molecule has 3 N–H and O–H groups in total. The van der Waals surface area contributed by atoms with Crippen molar-refractivity contribution in [1.82, 2.24) is 5.32 Å². The van der Waals surface area contributed by atoms with Gasteiger partial charge in [-0.05, 0) is 32.0 Å². The van der Waals surface area contributed by atoms with Crippen LogP contribution in [0, 0.1) is 5.82 Å². The molecule has 0 aliphatic heterocycles. The van der Waals surface area contributed by atoms with Crippen LogP contribution in [0.1, 0.15) is 25.5 Å². The van der Waals surface area contributed by atoms with E-state index < -0.39 is 6.10 Å². The number of aromatic hydroxyl groups is 1. The Balaban J connectivity index is 2.72. The Morgan fingerprint density at radius 3 is 2.67 bits per heavy atom. The molecule has 0 saturated heterocycles. The van der Waals surface area contributed by atoms with Crippen LogP contribution in [0.2, 0.25) is 0 Å². The van der Waals surface area contributed by atoms with Gasteiger partial charge in [0.15, 0.2) is 0 Å². The lowest BCUT2D eigenvalue weighted by Crippen LogP contribution is -2.27. The van der Waals surface area contributed by atoms with Gasteiger partial charge in [-0.3, -0.25) is 0 Å². The predicted molar refractivity (Wildman–Crippen MR) is 56.2 cm³/mol. The molecule has 0 heterocycles. The fourth-order valence-electron chi connectivity index (χ4n) is 1.33. The van der Waals surface area contributed by atoms with Gasteiger partial charge in [0.05, 0.1) is 6.10 Å². The van der Waals surface area contributed by atoms with Crippen LogP contribution in [0.5, 0.6) is 5.75 Å². The lowest BCUT2D eigenvalue weighted by Gasteiger charge is -2.16. The average molecular weight is 213 g/mol. The fourth-order valence-corrected chi connectivity index (χ4v) is 1.33. The molecule has 1 aromatic rings. The van der Waals surface area contributed by atoms with Gasteiger partial charge in [-0.1, -0.05) is 0 Å². The van der Waals surface area contributed by atoms with E-state index in [0.717, 1.165) is 0 Å². The van der Waals surface area contributed by atoms with Crippen LogP contribution in [0.25, 0.3) is 0 Å². The second kappa shape index (κ2) is 5.09. The average Bonchev–Trinajstić information content (AvgIpc) is 2.18. The van der Waals surface area contributed by atoms with E-state index in [9.17, 15) is 9.50 Å². The van der Waals surface area contributed by atoms with E-state index in [2.05, 4.69) is 5.32 Å². The number of aliphatic hydroxyl groups excluding tert-OH is 1. The van der Waals surface area contributed by atoms with Crippen molar-refractivity contribution in [2.24, 2.45) is 0 Å². The highest BCUT2D eigenvalue weighted by molar-refractivity contribution is 5.34. The highest BCUT2D eigenvalue weighted by Gasteiger charge is 2.11. The molecule has 0 saturated carbocycles. The molecule has 0 bridgehead atoms. The first-order valence-corrected chi connectivity index (χ1v) is 4.90. The maximum Gasteiger partial charge on any atom is 0.123 e. The molecule has 0 radical (unpaired) electrons. The Hall–Kier alpha value is -1.13. The van der Waals surface area contributed by atoms with Crippen molar-refractivity contribution >= 4 is 0 Å². The Morgan fingerprint density at radius 2 is 2.07 bits per heavy atom. The Morgan fingerprint density at radius 1 is 1.40 bits per heavy atom. The molecular formula is C11H16FNO2. The smallest absolute Gasteiger partial charge is 0.123 e. The summed E-state index contributed by atoms with van der Waals surface area (Å²) in [5.41, 5.74) is 0.496. The fraction of sp³-hybridized carbons (Fsp3) is 0.455. The van der Waals surface area contributed by atoms with Crippen molar-refractivity contribution in [2.45, 2.75) is 26.0 Å². The van der Waals surface area contributed by atoms with Crippen LogP contribution < -0.4 is 5.32 Å². The van der Waals surface area contributed by atoms with E-state index in [1.54, 1.807) is 13.8 Å². The summed E-state index contributed by atoms with van der Waals surface area (Å²) in [6, 6.07) is 3.62. The number of nitrogens with one attached hydrogen (secondary N) is 1. The summed E-state index contributed by atoms with van der Waals surface area (Å²) in [7, 11) is 0. The van der Waals surface area contributed by atoms with Crippen molar-refractivity contribution in [1.29, 1.82) is 0 Å². The Labute approximate surface area is 88.6 Å². The van der Waals surface area contributed by atoms with Crippen LogP contribution in [-0.4, -0.2) is 22.9 Å². The molecule has 0 amide bonds. The first-order chi connectivity index (χ1) is 7.00. The van der Waals surface area contributed by atoms with Crippen molar-refractivity contribution in [3.8, 4) is 5.75 Å². The summed E-state index contributed by atoms with van der Waals surface area (Å²) >= 11 is 0. The summed E-state index contributed by atoms with van der Waals surface area (Å²) in [5.74, 6) is -0.324. The number of hydrogen-bond acceptors (Lipinski definition) is 3. The predicted octanol–water partition coefficient (Wildman–Crippen LogP) is 1.56. The van der Waals surface area contributed by atoms with Crippen LogP contribution in [0.3, 0.4) is 0 Å². The van der Waals surface area contributed by atoms with Crippen molar-refractivity contribution in [2.75, 3.05) is 6.54 Å². The lowest BCUT2D eigenvalue weighted by molar-refractivity contribution is 0.187. The monoisotopic (exact) mass is 213 g/mol. The second-order valence-electron chi connectivity index (χ2n) is 3.68. The molecule has 1 rings (SSSR count). The van der Waals surface area contributed by atoms with Crippen LogP contribution in [-0.2, 0) is 0 Å². The van der Waals surface area contributed by atoms with Gasteiger partial charge in [-0.25, -0.2) is 4.39 Å². The van der Waals surface area contributed by atoms with Crippen molar-refractivity contribution in [3.63, 3.8) is 0 Å². The van der Waals surface area contributed by atoms with Crippen molar-refractivity contribution < 1.29 is 14.6 Å². The summed E-state index contributed by atoms with van der Waals surface area (Å²) in [6.07, 6.45) is -0.469. The Kier molecular flexibility index (Phi) is 4.05. The standard InChI is InChI=1S/C11H16FNO2/c1-7(14)6-13-8(2)10-5-9(12)3-4-11(10)15/h3-5,7-8,13-15H,6H2,1-2H3/t7-,8?/m0/s1. The SMILES string of the molecule is CC(NC[C@H](C)O)c1cc(F)ccc1O. The van der Waals surface area contributed by atoms with E-state index in [-0.39, 0.29) is 17.6 Å². The topological polar surface area (TPSA) is 52.5 Å². The minimum absolute atomic E-state index is 0.0574. The number of phenolic OH excluding ortho intramolecular Hbond substituents is 1. The molecule has 0 spiro atoms. The van der Waals surface area contributed by atoms with Gasteiger partial charge in [0.25, 0.3) is 0 Å². The molecule has 0 aliphatic rings. The summed E-state index contributed by atoms with van der Waals surface area (Å²) in [5, 5.41) is 21.6. The third-order valence-electron chi connectivity index (χ3n) is 2.18. The summed E-state index contributed by atoms with van der Waals surface area (Å²) in [4.78, 5) is 0. The second-order valence-corrected chi connectivity index (χ2v) is 3.68. The molecule has 0 aromatic heterocycles. The third-order valence-corrected chi connectivity index (χ3v) is 2.18. The third kappa shape index (κ3) is 3.49. The van der Waals surface area contributed by atoms with Gasteiger partial charge >= 0.3 is 0 Å². The van der Waals surface area contributed by atoms with Crippen LogP contribution in [0.4, 0.5) is 4.39 Å². The summed E-state index contributed by atoms with van der Waals surface area (Å²) < 4.78 is 12.9. The van der Waals surface area contributed by atoms with Gasteiger partial charge in [-0.2, -0.15) is 0 Å². The van der Waals surface area contributed by atoms with Gasteiger partial charge < -0.3 is 15.5 Å². The molecule has 3 nitrogen and oxygen atoms in total. The largest absolute Gasteiger partial charge is 0.508 e. The van der Waals surface area contributed by atoms with E-state index in [0.29, 0.717) is 12.1 Å². The van der Waals surface area contributed by atoms with Gasteiger partial charge in [0, 0.05) is 18.2 Å². The minimum Gasteiger partial charge on any atom is -0.508 e. The van der Waals surface area contributed by atoms with E-state index in [1.807, 2.05) is 0 Å². The zero-order valence-corrected chi connectivity index (χ0v) is 8.87. The Bertz CT molecular complexity index is 328.